The number of nitrogens with zero attached hydrogens (tertiary/aromatic N) is 3. The number of fused-ring (bicyclic) bond motifs is 1. The summed E-state index contributed by atoms with van der Waals surface area (Å²) in [6.07, 6.45) is 3.02. The summed E-state index contributed by atoms with van der Waals surface area (Å²) < 4.78 is 2.16. The van der Waals surface area contributed by atoms with Crippen LogP contribution >= 0.6 is 0 Å². The highest BCUT2D eigenvalue weighted by Gasteiger charge is 2.26. The van der Waals surface area contributed by atoms with Crippen LogP contribution in [0.1, 0.15) is 51.4 Å². The Balaban J connectivity index is 2.15. The molecule has 0 saturated carbocycles. The molecule has 0 bridgehead atoms. The zero-order valence-electron chi connectivity index (χ0n) is 12.3. The van der Waals surface area contributed by atoms with Crippen molar-refractivity contribution in [3.8, 4) is 0 Å². The molecule has 2 rings (SSSR count). The SMILES string of the molecule is C=C(CC(C)(C)C)N1Cc2c(C)cnn2C(C)C1. The van der Waals surface area contributed by atoms with Crippen LogP contribution in [0, 0.1) is 12.3 Å². The highest BCUT2D eigenvalue weighted by molar-refractivity contribution is 5.19. The molecular formula is C15H25N3. The van der Waals surface area contributed by atoms with Gasteiger partial charge in [-0.3, -0.25) is 4.68 Å². The van der Waals surface area contributed by atoms with E-state index in [-0.39, 0.29) is 0 Å². The van der Waals surface area contributed by atoms with Crippen molar-refractivity contribution in [2.45, 2.75) is 53.6 Å². The quantitative estimate of drug-likeness (QED) is 0.797. The van der Waals surface area contributed by atoms with Crippen LogP contribution in [-0.2, 0) is 6.54 Å². The third kappa shape index (κ3) is 2.60. The summed E-state index contributed by atoms with van der Waals surface area (Å²) in [6, 6.07) is 0.430. The van der Waals surface area contributed by atoms with Gasteiger partial charge in [0.15, 0.2) is 0 Å². The lowest BCUT2D eigenvalue weighted by Gasteiger charge is -2.37. The van der Waals surface area contributed by atoms with Crippen LogP contribution in [0.3, 0.4) is 0 Å². The summed E-state index contributed by atoms with van der Waals surface area (Å²) >= 11 is 0. The van der Waals surface area contributed by atoms with Crippen LogP contribution in [0.4, 0.5) is 0 Å². The molecule has 3 heteroatoms. The van der Waals surface area contributed by atoms with Gasteiger partial charge in [0.05, 0.1) is 24.5 Å². The first-order valence-corrected chi connectivity index (χ1v) is 6.73. The molecule has 0 fully saturated rings. The monoisotopic (exact) mass is 247 g/mol. The summed E-state index contributed by atoms with van der Waals surface area (Å²) in [4.78, 5) is 2.42. The summed E-state index contributed by atoms with van der Waals surface area (Å²) in [5, 5.41) is 4.47. The molecular weight excluding hydrogens is 222 g/mol. The average molecular weight is 247 g/mol. The predicted molar refractivity (Wildman–Crippen MR) is 75.3 cm³/mol. The zero-order chi connectivity index (χ0) is 13.5. The highest BCUT2D eigenvalue weighted by atomic mass is 15.4. The lowest BCUT2D eigenvalue weighted by Crippen LogP contribution is -2.36. The van der Waals surface area contributed by atoms with E-state index in [2.05, 4.69) is 55.9 Å². The van der Waals surface area contributed by atoms with Gasteiger partial charge in [0.25, 0.3) is 0 Å². The summed E-state index contributed by atoms with van der Waals surface area (Å²) in [6.45, 7) is 17.4. The van der Waals surface area contributed by atoms with Crippen molar-refractivity contribution in [1.82, 2.24) is 14.7 Å². The first kappa shape index (κ1) is 13.2. The van der Waals surface area contributed by atoms with Crippen molar-refractivity contribution in [1.29, 1.82) is 0 Å². The molecule has 0 spiro atoms. The van der Waals surface area contributed by atoms with E-state index in [1.165, 1.54) is 17.0 Å². The lowest BCUT2D eigenvalue weighted by molar-refractivity contribution is 0.207. The zero-order valence-corrected chi connectivity index (χ0v) is 12.3. The van der Waals surface area contributed by atoms with E-state index in [4.69, 9.17) is 0 Å². The number of hydrogen-bond acceptors (Lipinski definition) is 2. The Morgan fingerprint density at radius 3 is 2.78 bits per heavy atom. The molecule has 3 nitrogen and oxygen atoms in total. The van der Waals surface area contributed by atoms with Crippen molar-refractivity contribution in [2.75, 3.05) is 6.54 Å². The van der Waals surface area contributed by atoms with Gasteiger partial charge in [-0.05, 0) is 31.2 Å². The normalized spacial score (nSPS) is 19.8. The van der Waals surface area contributed by atoms with Gasteiger partial charge >= 0.3 is 0 Å². The molecule has 0 N–H and O–H groups in total. The number of rotatable bonds is 2. The largest absolute Gasteiger partial charge is 0.367 e. The number of aromatic nitrogens is 2. The first-order chi connectivity index (χ1) is 8.28. The molecule has 1 aromatic heterocycles. The molecule has 0 amide bonds. The fourth-order valence-corrected chi connectivity index (χ4v) is 2.66. The van der Waals surface area contributed by atoms with Crippen LogP contribution in [0.25, 0.3) is 0 Å². The second kappa shape index (κ2) is 4.45. The number of hydrogen-bond donors (Lipinski definition) is 0. The fraction of sp³-hybridized carbons (Fsp3) is 0.667. The average Bonchev–Trinajstić information content (AvgIpc) is 2.58. The summed E-state index contributed by atoms with van der Waals surface area (Å²) in [5.74, 6) is 0. The topological polar surface area (TPSA) is 21.1 Å². The minimum atomic E-state index is 0.299. The van der Waals surface area contributed by atoms with Gasteiger partial charge in [-0.25, -0.2) is 0 Å². The smallest absolute Gasteiger partial charge is 0.0670 e. The van der Waals surface area contributed by atoms with Gasteiger partial charge in [-0.15, -0.1) is 0 Å². The maximum absolute atomic E-state index is 4.47. The van der Waals surface area contributed by atoms with E-state index in [9.17, 15) is 0 Å². The minimum absolute atomic E-state index is 0.299. The van der Waals surface area contributed by atoms with E-state index in [0.29, 0.717) is 11.5 Å². The van der Waals surface area contributed by atoms with Crippen LogP contribution in [-0.4, -0.2) is 21.2 Å². The molecule has 1 atom stereocenters. The predicted octanol–water partition coefficient (Wildman–Crippen LogP) is 3.52. The second-order valence-electron chi connectivity index (χ2n) is 6.75. The van der Waals surface area contributed by atoms with E-state index in [1.807, 2.05) is 6.20 Å². The van der Waals surface area contributed by atoms with Gasteiger partial charge < -0.3 is 4.90 Å². The van der Waals surface area contributed by atoms with Crippen molar-refractivity contribution in [3.63, 3.8) is 0 Å². The molecule has 0 aliphatic carbocycles. The molecule has 0 aromatic carbocycles. The van der Waals surface area contributed by atoms with Crippen molar-refractivity contribution < 1.29 is 0 Å². The maximum atomic E-state index is 4.47. The van der Waals surface area contributed by atoms with Crippen molar-refractivity contribution in [3.05, 3.63) is 29.7 Å². The minimum Gasteiger partial charge on any atom is -0.367 e. The summed E-state index contributed by atoms with van der Waals surface area (Å²) in [7, 11) is 0. The second-order valence-corrected chi connectivity index (χ2v) is 6.75. The van der Waals surface area contributed by atoms with Crippen LogP contribution < -0.4 is 0 Å². The van der Waals surface area contributed by atoms with Gasteiger partial charge in [0, 0.05) is 12.2 Å². The Morgan fingerprint density at radius 1 is 1.50 bits per heavy atom. The van der Waals surface area contributed by atoms with Gasteiger partial charge in [-0.2, -0.15) is 5.10 Å². The van der Waals surface area contributed by atoms with Crippen molar-refractivity contribution >= 4 is 0 Å². The Labute approximate surface area is 110 Å². The summed E-state index contributed by atoms with van der Waals surface area (Å²) in [5.41, 5.74) is 4.17. The molecule has 18 heavy (non-hydrogen) atoms. The van der Waals surface area contributed by atoms with E-state index < -0.39 is 0 Å². The number of aryl methyl sites for hydroxylation is 1. The van der Waals surface area contributed by atoms with E-state index in [0.717, 1.165) is 19.5 Å². The fourth-order valence-electron chi connectivity index (χ4n) is 2.66. The molecule has 2 heterocycles. The molecule has 0 radical (unpaired) electrons. The van der Waals surface area contributed by atoms with Crippen LogP contribution in [0.5, 0.6) is 0 Å². The molecule has 1 aromatic rings. The van der Waals surface area contributed by atoms with Gasteiger partial charge in [0.1, 0.15) is 0 Å². The Kier molecular flexibility index (Phi) is 3.26. The van der Waals surface area contributed by atoms with E-state index >= 15 is 0 Å². The molecule has 1 aliphatic rings. The van der Waals surface area contributed by atoms with Crippen LogP contribution in [0.2, 0.25) is 0 Å². The molecule has 1 unspecified atom stereocenters. The molecule has 0 saturated heterocycles. The standard InChI is InChI=1S/C15H25N3/c1-11-8-16-18-13(3)9-17(10-14(11)18)12(2)7-15(4,5)6/h8,13H,2,7,9-10H2,1,3-6H3. The third-order valence-corrected chi connectivity index (χ3v) is 3.53. The third-order valence-electron chi connectivity index (χ3n) is 3.53. The number of allylic oxidation sites excluding steroid dienone is 1. The Hall–Kier alpha value is -1.25. The molecule has 1 aliphatic heterocycles. The highest BCUT2D eigenvalue weighted by Crippen LogP contribution is 2.30. The van der Waals surface area contributed by atoms with E-state index in [1.54, 1.807) is 0 Å². The molecule has 100 valence electrons. The van der Waals surface area contributed by atoms with Gasteiger partial charge in [-0.1, -0.05) is 27.4 Å². The first-order valence-electron chi connectivity index (χ1n) is 6.73. The van der Waals surface area contributed by atoms with Crippen molar-refractivity contribution in [2.24, 2.45) is 5.41 Å². The maximum Gasteiger partial charge on any atom is 0.0670 e. The van der Waals surface area contributed by atoms with Crippen LogP contribution in [0.15, 0.2) is 18.5 Å². The Bertz CT molecular complexity index is 451. The Morgan fingerprint density at radius 2 is 2.17 bits per heavy atom. The van der Waals surface area contributed by atoms with Gasteiger partial charge in [0.2, 0.25) is 0 Å². The lowest BCUT2D eigenvalue weighted by atomic mass is 9.90.